The largest absolute Gasteiger partial charge is 0.479 e. The number of nitrogens with zero attached hydrogens (tertiary/aromatic N) is 1. The van der Waals surface area contributed by atoms with Crippen LogP contribution in [0.15, 0.2) is 42.2 Å². The van der Waals surface area contributed by atoms with Gasteiger partial charge >= 0.3 is 5.97 Å². The minimum atomic E-state index is -2.64. The van der Waals surface area contributed by atoms with Crippen molar-refractivity contribution in [3.05, 3.63) is 47.7 Å². The Morgan fingerprint density at radius 2 is 1.89 bits per heavy atom. The number of ketones is 1. The molecule has 1 unspecified atom stereocenters. The first-order valence-electron chi connectivity index (χ1n) is 7.86. The van der Waals surface area contributed by atoms with E-state index in [1.54, 1.807) is 12.1 Å². The second kappa shape index (κ2) is 6.98. The number of β-lactam (4-membered cyclic amide) rings is 1. The highest BCUT2D eigenvalue weighted by molar-refractivity contribution is 6.77. The number of benzene rings is 1. The van der Waals surface area contributed by atoms with Gasteiger partial charge in [-0.05, 0) is 18.1 Å². The van der Waals surface area contributed by atoms with Crippen LogP contribution in [0.1, 0.15) is 5.56 Å². The van der Waals surface area contributed by atoms with Crippen LogP contribution in [0.25, 0.3) is 0 Å². The van der Waals surface area contributed by atoms with Crippen LogP contribution in [-0.4, -0.2) is 54.9 Å². The van der Waals surface area contributed by atoms with E-state index in [9.17, 15) is 24.6 Å². The Kier molecular flexibility index (Phi) is 5.16. The molecule has 0 aliphatic carbocycles. The van der Waals surface area contributed by atoms with Crippen molar-refractivity contribution in [2.45, 2.75) is 22.0 Å². The predicted molar refractivity (Wildman–Crippen MR) is 96.2 cm³/mol. The van der Waals surface area contributed by atoms with E-state index in [4.69, 9.17) is 39.5 Å². The van der Waals surface area contributed by atoms with Crippen LogP contribution in [0.5, 0.6) is 0 Å². The number of aliphatic hydroxyl groups excluding tert-OH is 1. The van der Waals surface area contributed by atoms with Crippen molar-refractivity contribution in [2.75, 3.05) is 6.61 Å². The molecule has 144 valence electrons. The van der Waals surface area contributed by atoms with E-state index in [1.807, 2.05) is 18.2 Å². The zero-order valence-electron chi connectivity index (χ0n) is 13.6. The molecule has 3 rings (SSSR count). The third-order valence-electron chi connectivity index (χ3n) is 4.59. The fraction of sp³-hybridized carbons (Fsp3) is 0.353. The number of Topliss-reactive ketones (excluding diaryl/α,β-unsaturated/α-hetero) is 1. The lowest BCUT2D eigenvalue weighted by Gasteiger charge is -2.45. The number of rotatable bonds is 5. The van der Waals surface area contributed by atoms with Gasteiger partial charge < -0.3 is 14.9 Å². The molecular formula is C17H14Cl3NO6. The van der Waals surface area contributed by atoms with Crippen LogP contribution in [0.4, 0.5) is 0 Å². The van der Waals surface area contributed by atoms with E-state index in [2.05, 4.69) is 0 Å². The normalized spacial score (nSPS) is 28.5. The van der Waals surface area contributed by atoms with Crippen molar-refractivity contribution in [1.82, 2.24) is 4.90 Å². The van der Waals surface area contributed by atoms with Crippen molar-refractivity contribution < 1.29 is 29.3 Å². The Labute approximate surface area is 169 Å². The van der Waals surface area contributed by atoms with Crippen molar-refractivity contribution in [3.63, 3.8) is 0 Å². The molecule has 2 N–H and O–H groups in total. The summed E-state index contributed by atoms with van der Waals surface area (Å²) in [6, 6.07) is 9.05. The van der Waals surface area contributed by atoms with Gasteiger partial charge in [-0.25, -0.2) is 4.79 Å². The summed E-state index contributed by atoms with van der Waals surface area (Å²) in [6.45, 7) is -0.629. The number of ether oxygens (including phenoxy) is 1. The monoisotopic (exact) mass is 433 g/mol. The number of carboxylic acids is 1. The Morgan fingerprint density at radius 3 is 2.41 bits per heavy atom. The van der Waals surface area contributed by atoms with E-state index in [0.29, 0.717) is 0 Å². The van der Waals surface area contributed by atoms with Gasteiger partial charge in [0.1, 0.15) is 5.76 Å². The van der Waals surface area contributed by atoms with Gasteiger partial charge in [-0.2, -0.15) is 0 Å². The van der Waals surface area contributed by atoms with Gasteiger partial charge in [-0.3, -0.25) is 14.5 Å². The molecule has 2 heterocycles. The molecular weight excluding hydrogens is 421 g/mol. The van der Waals surface area contributed by atoms with E-state index in [0.717, 1.165) is 16.5 Å². The molecule has 2 aliphatic rings. The maximum absolute atomic E-state index is 12.8. The molecule has 0 aromatic heterocycles. The minimum absolute atomic E-state index is 0.283. The maximum atomic E-state index is 12.8. The van der Waals surface area contributed by atoms with Crippen LogP contribution in [0, 0.1) is 5.92 Å². The summed E-state index contributed by atoms with van der Waals surface area (Å²) in [6.07, 6.45) is 0.237. The number of carbonyl (C=O) groups is 3. The molecule has 2 saturated heterocycles. The first-order chi connectivity index (χ1) is 12.7. The first kappa shape index (κ1) is 19.9. The summed E-state index contributed by atoms with van der Waals surface area (Å²) in [7, 11) is 0. The molecule has 2 fully saturated rings. The first-order valence-corrected chi connectivity index (χ1v) is 8.99. The molecule has 0 spiro atoms. The number of aliphatic carboxylic acids is 1. The summed E-state index contributed by atoms with van der Waals surface area (Å²) in [5.41, 5.74) is -1.80. The fourth-order valence-electron chi connectivity index (χ4n) is 3.42. The number of hydrogen-bond acceptors (Lipinski definition) is 5. The molecule has 0 bridgehead atoms. The Balaban J connectivity index is 2.03. The Hall–Kier alpha value is -1.80. The topological polar surface area (TPSA) is 104 Å². The van der Waals surface area contributed by atoms with E-state index in [-0.39, 0.29) is 6.42 Å². The van der Waals surface area contributed by atoms with Crippen LogP contribution < -0.4 is 0 Å². The molecule has 1 aromatic rings. The summed E-state index contributed by atoms with van der Waals surface area (Å²) < 4.78 is 2.96. The number of carboxylic acid groups (broad SMARTS) is 1. The van der Waals surface area contributed by atoms with Crippen molar-refractivity contribution in [1.29, 1.82) is 0 Å². The van der Waals surface area contributed by atoms with Crippen molar-refractivity contribution in [2.24, 2.45) is 5.92 Å². The molecule has 0 saturated carbocycles. The van der Waals surface area contributed by atoms with E-state index >= 15 is 0 Å². The number of amides is 1. The van der Waals surface area contributed by atoms with Gasteiger partial charge in [0.2, 0.25) is 11.7 Å². The molecule has 1 aromatic carbocycles. The Morgan fingerprint density at radius 1 is 1.26 bits per heavy atom. The van der Waals surface area contributed by atoms with Crippen molar-refractivity contribution in [3.8, 4) is 0 Å². The quantitative estimate of drug-likeness (QED) is 0.415. The van der Waals surface area contributed by atoms with Gasteiger partial charge in [-0.1, -0.05) is 65.1 Å². The van der Waals surface area contributed by atoms with Crippen molar-refractivity contribution >= 4 is 52.5 Å². The third kappa shape index (κ3) is 2.99. The SMILES string of the molecule is O=C1C(Cc2ccccc2)[C@H]2O/C(=C\CO)[C@](C(=O)O)(C(=O)C(Cl)(Cl)Cl)N12. The second-order valence-electron chi connectivity index (χ2n) is 6.11. The zero-order chi connectivity index (χ0) is 20.0. The van der Waals surface area contributed by atoms with E-state index < -0.39 is 51.5 Å². The third-order valence-corrected chi connectivity index (χ3v) is 5.10. The average molecular weight is 435 g/mol. The summed E-state index contributed by atoms with van der Waals surface area (Å²) in [5, 5.41) is 19.0. The number of aliphatic hydroxyl groups is 1. The van der Waals surface area contributed by atoms with Gasteiger partial charge in [-0.15, -0.1) is 0 Å². The predicted octanol–water partition coefficient (Wildman–Crippen LogP) is 1.68. The van der Waals surface area contributed by atoms with E-state index in [1.165, 1.54) is 0 Å². The lowest BCUT2D eigenvalue weighted by Crippen LogP contribution is -2.72. The minimum Gasteiger partial charge on any atom is -0.479 e. The average Bonchev–Trinajstić information content (AvgIpc) is 2.91. The fourth-order valence-corrected chi connectivity index (χ4v) is 3.83. The molecule has 1 amide bonds. The number of halogens is 3. The maximum Gasteiger partial charge on any atom is 0.345 e. The highest BCUT2D eigenvalue weighted by atomic mass is 35.6. The summed E-state index contributed by atoms with van der Waals surface area (Å²) >= 11 is 16.9. The molecule has 7 nitrogen and oxygen atoms in total. The number of alkyl halides is 3. The van der Waals surface area contributed by atoms with Gasteiger partial charge in [0.05, 0.1) is 12.5 Å². The molecule has 10 heteroatoms. The highest BCUT2D eigenvalue weighted by Gasteiger charge is 2.74. The summed E-state index contributed by atoms with van der Waals surface area (Å²) in [5.74, 6) is -4.86. The number of carbonyl (C=O) groups excluding carboxylic acids is 2. The molecule has 27 heavy (non-hydrogen) atoms. The van der Waals surface area contributed by atoms with Gasteiger partial charge in [0.15, 0.2) is 6.23 Å². The lowest BCUT2D eigenvalue weighted by atomic mass is 9.82. The molecule has 2 aliphatic heterocycles. The van der Waals surface area contributed by atoms with Crippen LogP contribution in [0.2, 0.25) is 0 Å². The van der Waals surface area contributed by atoms with Gasteiger partial charge in [0.25, 0.3) is 9.33 Å². The van der Waals surface area contributed by atoms with Crippen LogP contribution in [0.3, 0.4) is 0 Å². The number of fused-ring (bicyclic) bond motifs is 1. The smallest absolute Gasteiger partial charge is 0.345 e. The van der Waals surface area contributed by atoms with Gasteiger partial charge in [0, 0.05) is 0 Å². The zero-order valence-corrected chi connectivity index (χ0v) is 15.9. The lowest BCUT2D eigenvalue weighted by molar-refractivity contribution is -0.184. The molecule has 3 atom stereocenters. The van der Waals surface area contributed by atoms with Crippen LogP contribution in [-0.2, 0) is 25.5 Å². The number of hydrogen-bond donors (Lipinski definition) is 2. The standard InChI is InChI=1S/C17H14Cl3NO6/c18-17(19,20)14(24)16(15(25)26)11(6-7-22)27-13-10(12(23)21(13)16)8-9-4-2-1-3-5-9/h1-6,10,13,22H,7-8H2,(H,25,26)/b11-6-/t10?,13-,16-/m1/s1. The highest BCUT2D eigenvalue weighted by Crippen LogP contribution is 2.51. The Bertz CT molecular complexity index is 822. The second-order valence-corrected chi connectivity index (χ2v) is 8.39. The van der Waals surface area contributed by atoms with Crippen LogP contribution >= 0.6 is 34.8 Å². The summed E-state index contributed by atoms with van der Waals surface area (Å²) in [4.78, 5) is 38.4. The molecule has 0 radical (unpaired) electrons.